The third-order valence-corrected chi connectivity index (χ3v) is 6.86. The lowest BCUT2D eigenvalue weighted by molar-refractivity contribution is -0.117. The molecule has 4 rings (SSSR count). The summed E-state index contributed by atoms with van der Waals surface area (Å²) in [5, 5.41) is 12.7. The molecule has 1 N–H and O–H groups in total. The van der Waals surface area contributed by atoms with Crippen molar-refractivity contribution in [2.45, 2.75) is 32.4 Å². The summed E-state index contributed by atoms with van der Waals surface area (Å²) in [5.41, 5.74) is 4.97. The zero-order chi connectivity index (χ0) is 25.3. The van der Waals surface area contributed by atoms with E-state index in [-0.39, 0.29) is 23.6 Å². The standard InChI is InChI=1S/C31H34N4O/c1-3-25-14-16-26(17-15-25)24(2)33-31(36)29(22-32)23-34-18-20-35(21-19-34)30(27-10-6-4-7-11-27)28-12-8-5-9-13-28/h4-17,23-24,30H,3,18-21H2,1-2H3,(H,33,36)/b29-23-. The fourth-order valence-corrected chi connectivity index (χ4v) is 4.73. The highest BCUT2D eigenvalue weighted by Gasteiger charge is 2.26. The number of carbonyl (C=O) groups is 1. The van der Waals surface area contributed by atoms with E-state index in [0.29, 0.717) is 0 Å². The Balaban J connectivity index is 1.40. The highest BCUT2D eigenvalue weighted by Crippen LogP contribution is 2.29. The molecule has 0 aromatic heterocycles. The molecule has 0 saturated carbocycles. The van der Waals surface area contributed by atoms with E-state index in [1.807, 2.05) is 31.2 Å². The van der Waals surface area contributed by atoms with Gasteiger partial charge in [-0.3, -0.25) is 9.69 Å². The van der Waals surface area contributed by atoms with E-state index < -0.39 is 0 Å². The van der Waals surface area contributed by atoms with E-state index in [1.165, 1.54) is 16.7 Å². The van der Waals surface area contributed by atoms with Gasteiger partial charge in [0.05, 0.1) is 12.1 Å². The van der Waals surface area contributed by atoms with Crippen molar-refractivity contribution >= 4 is 5.91 Å². The van der Waals surface area contributed by atoms with Crippen LogP contribution in [0.3, 0.4) is 0 Å². The molecule has 1 unspecified atom stereocenters. The molecule has 1 saturated heterocycles. The van der Waals surface area contributed by atoms with Crippen LogP contribution in [0.4, 0.5) is 0 Å². The SMILES string of the molecule is CCc1ccc(C(C)NC(=O)/C(C#N)=C\N2CCN(C(c3ccccc3)c3ccccc3)CC2)cc1. The van der Waals surface area contributed by atoms with E-state index >= 15 is 0 Å². The number of amides is 1. The first-order valence-corrected chi connectivity index (χ1v) is 12.7. The van der Waals surface area contributed by atoms with E-state index in [2.05, 4.69) is 88.8 Å². The Bertz CT molecular complexity index is 1150. The predicted molar refractivity (Wildman–Crippen MR) is 144 cm³/mol. The van der Waals surface area contributed by atoms with Gasteiger partial charge in [0.25, 0.3) is 5.91 Å². The second-order valence-electron chi connectivity index (χ2n) is 9.24. The average Bonchev–Trinajstić information content (AvgIpc) is 2.94. The van der Waals surface area contributed by atoms with Crippen LogP contribution in [0.15, 0.2) is 96.7 Å². The zero-order valence-electron chi connectivity index (χ0n) is 21.1. The topological polar surface area (TPSA) is 59.4 Å². The Morgan fingerprint density at radius 2 is 1.44 bits per heavy atom. The summed E-state index contributed by atoms with van der Waals surface area (Å²) in [6.07, 6.45) is 2.70. The van der Waals surface area contributed by atoms with Crippen LogP contribution in [0.2, 0.25) is 0 Å². The molecule has 36 heavy (non-hydrogen) atoms. The first-order chi connectivity index (χ1) is 17.6. The number of hydrogen-bond acceptors (Lipinski definition) is 4. The summed E-state index contributed by atoms with van der Waals surface area (Å²) in [6, 6.07) is 31.5. The molecule has 5 heteroatoms. The van der Waals surface area contributed by atoms with Crippen LogP contribution in [-0.2, 0) is 11.2 Å². The van der Waals surface area contributed by atoms with Crippen LogP contribution < -0.4 is 5.32 Å². The van der Waals surface area contributed by atoms with Gasteiger partial charge < -0.3 is 10.2 Å². The molecule has 1 heterocycles. The third kappa shape index (κ3) is 6.21. The van der Waals surface area contributed by atoms with Gasteiger partial charge >= 0.3 is 0 Å². The van der Waals surface area contributed by atoms with Crippen LogP contribution >= 0.6 is 0 Å². The number of piperazine rings is 1. The molecule has 0 radical (unpaired) electrons. The van der Waals surface area contributed by atoms with Crippen LogP contribution in [0.5, 0.6) is 0 Å². The van der Waals surface area contributed by atoms with Crippen LogP contribution in [0.25, 0.3) is 0 Å². The maximum absolute atomic E-state index is 12.9. The molecular weight excluding hydrogens is 444 g/mol. The lowest BCUT2D eigenvalue weighted by atomic mass is 9.96. The van der Waals surface area contributed by atoms with E-state index in [9.17, 15) is 10.1 Å². The molecule has 1 aliphatic rings. The molecule has 3 aromatic carbocycles. The Kier molecular flexibility index (Phi) is 8.54. The normalized spacial score (nSPS) is 15.4. The average molecular weight is 479 g/mol. The largest absolute Gasteiger partial charge is 0.374 e. The van der Waals surface area contributed by atoms with Crippen molar-refractivity contribution in [3.05, 3.63) is 119 Å². The number of carbonyl (C=O) groups excluding carboxylic acids is 1. The summed E-state index contributed by atoms with van der Waals surface area (Å²) >= 11 is 0. The zero-order valence-corrected chi connectivity index (χ0v) is 21.1. The summed E-state index contributed by atoms with van der Waals surface area (Å²) < 4.78 is 0. The van der Waals surface area contributed by atoms with Gasteiger partial charge in [-0.05, 0) is 35.6 Å². The van der Waals surface area contributed by atoms with Crippen molar-refractivity contribution in [2.24, 2.45) is 0 Å². The number of benzene rings is 3. The maximum Gasteiger partial charge on any atom is 0.263 e. The number of nitrogens with one attached hydrogen (secondary N) is 1. The van der Waals surface area contributed by atoms with Crippen molar-refractivity contribution < 1.29 is 4.79 Å². The molecule has 5 nitrogen and oxygen atoms in total. The Morgan fingerprint density at radius 3 is 1.94 bits per heavy atom. The molecule has 3 aromatic rings. The molecule has 1 aliphatic heterocycles. The second kappa shape index (κ2) is 12.2. The summed E-state index contributed by atoms with van der Waals surface area (Å²) in [4.78, 5) is 17.4. The van der Waals surface area contributed by atoms with Gasteiger partial charge in [0.2, 0.25) is 0 Å². The monoisotopic (exact) mass is 478 g/mol. The number of aryl methyl sites for hydroxylation is 1. The number of nitriles is 1. The predicted octanol–water partition coefficient (Wildman–Crippen LogP) is 5.24. The van der Waals surface area contributed by atoms with Gasteiger partial charge in [-0.25, -0.2) is 0 Å². The minimum absolute atomic E-state index is 0.142. The quantitative estimate of drug-likeness (QED) is 0.355. The molecule has 0 bridgehead atoms. The van der Waals surface area contributed by atoms with Crippen molar-refractivity contribution in [3.63, 3.8) is 0 Å². The van der Waals surface area contributed by atoms with Gasteiger partial charge in [0.15, 0.2) is 0 Å². The fraction of sp³-hybridized carbons (Fsp3) is 0.290. The lowest BCUT2D eigenvalue weighted by Gasteiger charge is -2.39. The third-order valence-electron chi connectivity index (χ3n) is 6.86. The Labute approximate surface area is 214 Å². The van der Waals surface area contributed by atoms with Crippen LogP contribution in [0.1, 0.15) is 48.2 Å². The Morgan fingerprint density at radius 1 is 0.889 bits per heavy atom. The lowest BCUT2D eigenvalue weighted by Crippen LogP contribution is -2.46. The Hall–Kier alpha value is -3.88. The number of hydrogen-bond donors (Lipinski definition) is 1. The summed E-state index contributed by atoms with van der Waals surface area (Å²) in [7, 11) is 0. The molecule has 0 spiro atoms. The van der Waals surface area contributed by atoms with Crippen molar-refractivity contribution in [1.29, 1.82) is 5.26 Å². The minimum Gasteiger partial charge on any atom is -0.374 e. The van der Waals surface area contributed by atoms with E-state index in [4.69, 9.17) is 0 Å². The molecular formula is C31H34N4O. The van der Waals surface area contributed by atoms with Gasteiger partial charge in [-0.1, -0.05) is 91.9 Å². The van der Waals surface area contributed by atoms with Gasteiger partial charge in [0, 0.05) is 32.4 Å². The molecule has 184 valence electrons. The van der Waals surface area contributed by atoms with Crippen LogP contribution in [0, 0.1) is 11.3 Å². The highest BCUT2D eigenvalue weighted by atomic mass is 16.1. The minimum atomic E-state index is -0.335. The maximum atomic E-state index is 12.9. The van der Waals surface area contributed by atoms with Gasteiger partial charge in [0.1, 0.15) is 11.6 Å². The highest BCUT2D eigenvalue weighted by molar-refractivity contribution is 5.97. The summed E-state index contributed by atoms with van der Waals surface area (Å²) in [5.74, 6) is -0.335. The van der Waals surface area contributed by atoms with Crippen molar-refractivity contribution in [3.8, 4) is 6.07 Å². The number of nitrogens with zero attached hydrogens (tertiary/aromatic N) is 3. The first kappa shape index (κ1) is 25.2. The molecule has 1 fully saturated rings. The fourth-order valence-electron chi connectivity index (χ4n) is 4.73. The summed E-state index contributed by atoms with van der Waals surface area (Å²) in [6.45, 7) is 7.25. The van der Waals surface area contributed by atoms with E-state index in [1.54, 1.807) is 6.20 Å². The molecule has 0 aliphatic carbocycles. The van der Waals surface area contributed by atoms with Gasteiger partial charge in [-0.2, -0.15) is 5.26 Å². The van der Waals surface area contributed by atoms with Gasteiger partial charge in [-0.15, -0.1) is 0 Å². The smallest absolute Gasteiger partial charge is 0.263 e. The van der Waals surface area contributed by atoms with E-state index in [0.717, 1.165) is 38.2 Å². The molecule has 1 amide bonds. The number of rotatable bonds is 8. The molecule has 1 atom stereocenters. The van der Waals surface area contributed by atoms with Crippen LogP contribution in [-0.4, -0.2) is 41.9 Å². The van der Waals surface area contributed by atoms with Crippen molar-refractivity contribution in [1.82, 2.24) is 15.1 Å². The van der Waals surface area contributed by atoms with Crippen molar-refractivity contribution in [2.75, 3.05) is 26.2 Å². The first-order valence-electron chi connectivity index (χ1n) is 12.7. The second-order valence-corrected chi connectivity index (χ2v) is 9.24.